The minimum absolute atomic E-state index is 0.0978. The molecule has 0 spiro atoms. The van der Waals surface area contributed by atoms with Gasteiger partial charge in [0.05, 0.1) is 10.0 Å². The highest BCUT2D eigenvalue weighted by atomic mass is 35.5. The van der Waals surface area contributed by atoms with Gasteiger partial charge in [-0.3, -0.25) is 4.79 Å². The van der Waals surface area contributed by atoms with Gasteiger partial charge in [-0.15, -0.1) is 0 Å². The summed E-state index contributed by atoms with van der Waals surface area (Å²) >= 11 is 11.9. The Balaban J connectivity index is 2.02. The number of nitrogens with one attached hydrogen (secondary N) is 1. The first kappa shape index (κ1) is 17.6. The molecule has 2 aromatic carbocycles. The zero-order chi connectivity index (χ0) is 16.8. The van der Waals surface area contributed by atoms with E-state index >= 15 is 0 Å². The van der Waals surface area contributed by atoms with Gasteiger partial charge in [0, 0.05) is 11.6 Å². The Labute approximate surface area is 146 Å². The van der Waals surface area contributed by atoms with Crippen molar-refractivity contribution in [3.05, 3.63) is 63.6 Å². The summed E-state index contributed by atoms with van der Waals surface area (Å²) in [6.07, 6.45) is 0.888. The fraction of sp³-hybridized carbons (Fsp3) is 0.278. The zero-order valence-corrected chi connectivity index (χ0v) is 14.6. The summed E-state index contributed by atoms with van der Waals surface area (Å²) in [5, 5.41) is 3.94. The fourth-order valence-corrected chi connectivity index (χ4v) is 2.25. The Morgan fingerprint density at radius 2 is 1.96 bits per heavy atom. The van der Waals surface area contributed by atoms with E-state index in [0.29, 0.717) is 28.0 Å². The Kier molecular flexibility index (Phi) is 6.31. The molecular formula is C18H19Cl2NO2. The first-order chi connectivity index (χ1) is 11.0. The molecule has 3 nitrogen and oxygen atoms in total. The topological polar surface area (TPSA) is 38.3 Å². The summed E-state index contributed by atoms with van der Waals surface area (Å²) in [5.74, 6) is 0.534. The van der Waals surface area contributed by atoms with Crippen LogP contribution >= 0.6 is 23.2 Å². The smallest absolute Gasteiger partial charge is 0.251 e. The third-order valence-electron chi connectivity index (χ3n) is 3.48. The number of hydrogen-bond donors (Lipinski definition) is 1. The molecule has 0 heterocycles. The highest BCUT2D eigenvalue weighted by Gasteiger charge is 2.09. The van der Waals surface area contributed by atoms with Crippen LogP contribution in [0.1, 0.15) is 36.2 Å². The number of benzene rings is 2. The van der Waals surface area contributed by atoms with Crippen molar-refractivity contribution in [3.8, 4) is 5.75 Å². The van der Waals surface area contributed by atoms with Gasteiger partial charge in [0.2, 0.25) is 0 Å². The molecule has 0 saturated carbocycles. The van der Waals surface area contributed by atoms with E-state index < -0.39 is 0 Å². The zero-order valence-electron chi connectivity index (χ0n) is 13.1. The molecule has 2 rings (SSSR count). The molecule has 0 aliphatic carbocycles. The molecule has 0 aliphatic rings. The minimum Gasteiger partial charge on any atom is -0.489 e. The largest absolute Gasteiger partial charge is 0.489 e. The van der Waals surface area contributed by atoms with Crippen molar-refractivity contribution in [3.63, 3.8) is 0 Å². The minimum atomic E-state index is -0.0978. The number of carbonyl (C=O) groups excluding carboxylic acids is 1. The van der Waals surface area contributed by atoms with Crippen LogP contribution in [0.2, 0.25) is 10.0 Å². The van der Waals surface area contributed by atoms with Gasteiger partial charge in [-0.2, -0.15) is 0 Å². The van der Waals surface area contributed by atoms with Crippen LogP contribution < -0.4 is 10.1 Å². The van der Waals surface area contributed by atoms with Crippen molar-refractivity contribution in [2.75, 3.05) is 0 Å². The molecule has 0 fully saturated rings. The monoisotopic (exact) mass is 351 g/mol. The lowest BCUT2D eigenvalue weighted by molar-refractivity contribution is 0.0939. The van der Waals surface area contributed by atoms with Crippen LogP contribution in [0.15, 0.2) is 42.5 Å². The van der Waals surface area contributed by atoms with Crippen molar-refractivity contribution >= 4 is 29.1 Å². The highest BCUT2D eigenvalue weighted by Crippen LogP contribution is 2.23. The van der Waals surface area contributed by atoms with Gasteiger partial charge in [-0.25, -0.2) is 0 Å². The molecule has 1 N–H and O–H groups in total. The molecule has 23 heavy (non-hydrogen) atoms. The summed E-state index contributed by atoms with van der Waals surface area (Å²) in [6, 6.07) is 12.6. The predicted molar refractivity (Wildman–Crippen MR) is 94.5 cm³/mol. The molecule has 0 radical (unpaired) electrons. The average Bonchev–Trinajstić information content (AvgIpc) is 2.56. The molecule has 0 aromatic heterocycles. The first-order valence-electron chi connectivity index (χ1n) is 7.47. The van der Waals surface area contributed by atoms with Crippen LogP contribution in [0.5, 0.6) is 5.75 Å². The number of carbonyl (C=O) groups is 1. The first-order valence-corrected chi connectivity index (χ1v) is 8.23. The predicted octanol–water partition coefficient (Wildman–Crippen LogP) is 5.10. The highest BCUT2D eigenvalue weighted by molar-refractivity contribution is 6.42. The molecule has 1 atom stereocenters. The van der Waals surface area contributed by atoms with E-state index in [1.165, 1.54) is 0 Å². The normalized spacial score (nSPS) is 11.8. The molecule has 5 heteroatoms. The molecule has 1 amide bonds. The van der Waals surface area contributed by atoms with Crippen LogP contribution in [0.3, 0.4) is 0 Å². The second-order valence-corrected chi connectivity index (χ2v) is 6.16. The molecule has 0 saturated heterocycles. The lowest BCUT2D eigenvalue weighted by Gasteiger charge is -2.12. The van der Waals surface area contributed by atoms with Gasteiger partial charge >= 0.3 is 0 Å². The number of hydrogen-bond acceptors (Lipinski definition) is 2. The van der Waals surface area contributed by atoms with Crippen LogP contribution in [0.4, 0.5) is 0 Å². The van der Waals surface area contributed by atoms with E-state index in [1.807, 2.05) is 26.0 Å². The van der Waals surface area contributed by atoms with Gasteiger partial charge in [0.1, 0.15) is 12.4 Å². The molecule has 0 unspecified atom stereocenters. The summed E-state index contributed by atoms with van der Waals surface area (Å²) in [6.45, 7) is 4.36. The van der Waals surface area contributed by atoms with Crippen LogP contribution in [0, 0.1) is 0 Å². The third-order valence-corrected chi connectivity index (χ3v) is 4.21. The summed E-state index contributed by atoms with van der Waals surface area (Å²) in [7, 11) is 0. The number of ether oxygens (including phenoxy) is 1. The van der Waals surface area contributed by atoms with Gasteiger partial charge in [0.25, 0.3) is 5.91 Å². The third kappa shape index (κ3) is 5.15. The lowest BCUT2D eigenvalue weighted by Crippen LogP contribution is -2.31. The number of halogens is 2. The number of rotatable bonds is 6. The van der Waals surface area contributed by atoms with Crippen molar-refractivity contribution < 1.29 is 9.53 Å². The molecule has 0 aliphatic heterocycles. The van der Waals surface area contributed by atoms with E-state index in [1.54, 1.807) is 30.3 Å². The van der Waals surface area contributed by atoms with E-state index in [4.69, 9.17) is 27.9 Å². The van der Waals surface area contributed by atoms with E-state index in [-0.39, 0.29) is 11.9 Å². The standard InChI is InChI=1S/C18H19Cl2NO2/c1-3-12(2)21-18(22)14-5-4-6-15(10-14)23-11-13-7-8-16(19)17(20)9-13/h4-10,12H,3,11H2,1-2H3,(H,21,22)/t12-/m0/s1. The summed E-state index contributed by atoms with van der Waals surface area (Å²) in [4.78, 5) is 12.1. The molecular weight excluding hydrogens is 333 g/mol. The Bertz CT molecular complexity index is 688. The lowest BCUT2D eigenvalue weighted by atomic mass is 10.1. The SMILES string of the molecule is CC[C@H](C)NC(=O)c1cccc(OCc2ccc(Cl)c(Cl)c2)c1. The summed E-state index contributed by atoms with van der Waals surface area (Å²) < 4.78 is 5.73. The Morgan fingerprint density at radius 1 is 1.17 bits per heavy atom. The van der Waals surface area contributed by atoms with E-state index in [9.17, 15) is 4.79 Å². The van der Waals surface area contributed by atoms with Crippen LogP contribution in [0.25, 0.3) is 0 Å². The summed E-state index contributed by atoms with van der Waals surface area (Å²) in [5.41, 5.74) is 1.49. The Morgan fingerprint density at radius 3 is 2.65 bits per heavy atom. The van der Waals surface area contributed by atoms with E-state index in [0.717, 1.165) is 12.0 Å². The average molecular weight is 352 g/mol. The van der Waals surface area contributed by atoms with Crippen molar-refractivity contribution in [2.24, 2.45) is 0 Å². The van der Waals surface area contributed by atoms with Crippen molar-refractivity contribution in [1.29, 1.82) is 0 Å². The van der Waals surface area contributed by atoms with Gasteiger partial charge in [-0.05, 0) is 49.2 Å². The maximum atomic E-state index is 12.1. The van der Waals surface area contributed by atoms with Crippen molar-refractivity contribution in [1.82, 2.24) is 5.32 Å². The quantitative estimate of drug-likeness (QED) is 0.785. The van der Waals surface area contributed by atoms with Crippen LogP contribution in [-0.2, 0) is 6.61 Å². The Hall–Kier alpha value is -1.71. The fourth-order valence-electron chi connectivity index (χ4n) is 1.93. The van der Waals surface area contributed by atoms with E-state index in [2.05, 4.69) is 5.32 Å². The van der Waals surface area contributed by atoms with Crippen LogP contribution in [-0.4, -0.2) is 11.9 Å². The van der Waals surface area contributed by atoms with Crippen molar-refractivity contribution in [2.45, 2.75) is 32.9 Å². The maximum absolute atomic E-state index is 12.1. The van der Waals surface area contributed by atoms with Gasteiger partial charge < -0.3 is 10.1 Å². The molecule has 122 valence electrons. The number of amides is 1. The second-order valence-electron chi connectivity index (χ2n) is 5.35. The maximum Gasteiger partial charge on any atom is 0.251 e. The molecule has 0 bridgehead atoms. The second kappa shape index (κ2) is 8.23. The van der Waals surface area contributed by atoms with Gasteiger partial charge in [0.15, 0.2) is 0 Å². The molecule has 2 aromatic rings. The van der Waals surface area contributed by atoms with Gasteiger partial charge in [-0.1, -0.05) is 42.3 Å².